The molecular weight excluding hydrogens is 334 g/mol. The number of hydrogen-bond donors (Lipinski definition) is 0. The lowest BCUT2D eigenvalue weighted by molar-refractivity contribution is -0.131. The summed E-state index contributed by atoms with van der Waals surface area (Å²) in [6.07, 6.45) is 5.41. The van der Waals surface area contributed by atoms with E-state index in [2.05, 4.69) is 0 Å². The quantitative estimate of drug-likeness (QED) is 0.623. The molecule has 1 atom stereocenters. The largest absolute Gasteiger partial charge is 0.342 e. The summed E-state index contributed by atoms with van der Waals surface area (Å²) in [5.41, 5.74) is 0.734. The number of carbonyl (C=O) groups is 1. The number of piperidine rings is 1. The van der Waals surface area contributed by atoms with Crippen LogP contribution >= 0.6 is 11.8 Å². The van der Waals surface area contributed by atoms with Crippen LogP contribution in [0.3, 0.4) is 0 Å². The van der Waals surface area contributed by atoms with Gasteiger partial charge in [-0.25, -0.2) is 4.98 Å². The van der Waals surface area contributed by atoms with Gasteiger partial charge in [0.2, 0.25) is 5.91 Å². The molecule has 2 heterocycles. The van der Waals surface area contributed by atoms with Crippen LogP contribution in [0.15, 0.2) is 34.2 Å². The standard InChI is InChI=1S/C19H23N3O2S/c1-13(17(23)21-11-5-2-6-12-21)25-19-20-16-8-4-3-7-15(16)18(24)22(19)14-9-10-14/h3-4,7-8,13-14H,2,5-6,9-12H2,1H3/t13-/m1/s1. The molecule has 2 aliphatic rings. The van der Waals surface area contributed by atoms with Gasteiger partial charge >= 0.3 is 0 Å². The predicted molar refractivity (Wildman–Crippen MR) is 100 cm³/mol. The third kappa shape index (κ3) is 3.32. The molecule has 132 valence electrons. The fourth-order valence-corrected chi connectivity index (χ4v) is 4.51. The van der Waals surface area contributed by atoms with E-state index in [9.17, 15) is 9.59 Å². The predicted octanol–water partition coefficient (Wildman–Crippen LogP) is 3.22. The van der Waals surface area contributed by atoms with Crippen molar-refractivity contribution in [2.24, 2.45) is 0 Å². The minimum absolute atomic E-state index is 0.0215. The molecule has 1 saturated carbocycles. The van der Waals surface area contributed by atoms with Crippen LogP contribution in [-0.4, -0.2) is 38.7 Å². The van der Waals surface area contributed by atoms with Crippen molar-refractivity contribution >= 4 is 28.6 Å². The molecule has 5 nitrogen and oxygen atoms in total. The van der Waals surface area contributed by atoms with Crippen LogP contribution in [0, 0.1) is 0 Å². The summed E-state index contributed by atoms with van der Waals surface area (Å²) in [5.74, 6) is 0.162. The Morgan fingerprint density at radius 3 is 2.64 bits per heavy atom. The molecular formula is C19H23N3O2S. The average molecular weight is 357 g/mol. The van der Waals surface area contributed by atoms with Gasteiger partial charge in [-0.2, -0.15) is 0 Å². The van der Waals surface area contributed by atoms with Crippen LogP contribution in [0.25, 0.3) is 10.9 Å². The van der Waals surface area contributed by atoms with Gasteiger partial charge in [0.05, 0.1) is 16.2 Å². The maximum Gasteiger partial charge on any atom is 0.262 e. The zero-order valence-corrected chi connectivity index (χ0v) is 15.3. The number of likely N-dealkylation sites (tertiary alicyclic amines) is 1. The smallest absolute Gasteiger partial charge is 0.262 e. The van der Waals surface area contributed by atoms with E-state index in [4.69, 9.17) is 4.98 Å². The summed E-state index contributed by atoms with van der Waals surface area (Å²) < 4.78 is 1.81. The van der Waals surface area contributed by atoms with Crippen molar-refractivity contribution < 1.29 is 4.79 Å². The van der Waals surface area contributed by atoms with Gasteiger partial charge in [0.1, 0.15) is 0 Å². The van der Waals surface area contributed by atoms with Crippen LogP contribution in [0.1, 0.15) is 45.1 Å². The van der Waals surface area contributed by atoms with E-state index < -0.39 is 0 Å². The van der Waals surface area contributed by atoms with Crippen molar-refractivity contribution in [2.75, 3.05) is 13.1 Å². The lowest BCUT2D eigenvalue weighted by Crippen LogP contribution is -2.40. The second kappa shape index (κ2) is 6.83. The number of fused-ring (bicyclic) bond motifs is 1. The number of carbonyl (C=O) groups excluding carboxylic acids is 1. The number of nitrogens with zero attached hydrogens (tertiary/aromatic N) is 3. The van der Waals surface area contributed by atoms with Gasteiger partial charge in [0.15, 0.2) is 5.16 Å². The molecule has 2 aromatic rings. The van der Waals surface area contributed by atoms with Gasteiger partial charge in [-0.05, 0) is 51.2 Å². The first-order chi connectivity index (χ1) is 12.1. The lowest BCUT2D eigenvalue weighted by Gasteiger charge is -2.29. The fraction of sp³-hybridized carbons (Fsp3) is 0.526. The molecule has 0 unspecified atom stereocenters. The normalized spacial score (nSPS) is 19.2. The molecule has 0 bridgehead atoms. The first-order valence-electron chi connectivity index (χ1n) is 9.12. The minimum atomic E-state index is -0.226. The van der Waals surface area contributed by atoms with Crippen LogP contribution in [0.4, 0.5) is 0 Å². The summed E-state index contributed by atoms with van der Waals surface area (Å²) in [7, 11) is 0. The number of benzene rings is 1. The monoisotopic (exact) mass is 357 g/mol. The molecule has 6 heteroatoms. The molecule has 1 aliphatic heterocycles. The number of aromatic nitrogens is 2. The Morgan fingerprint density at radius 2 is 1.92 bits per heavy atom. The second-order valence-electron chi connectivity index (χ2n) is 6.96. The first-order valence-corrected chi connectivity index (χ1v) is 10.00. The van der Waals surface area contributed by atoms with Crippen LogP contribution < -0.4 is 5.56 Å². The number of para-hydroxylation sites is 1. The van der Waals surface area contributed by atoms with Crippen molar-refractivity contribution in [3.8, 4) is 0 Å². The van der Waals surface area contributed by atoms with Gasteiger partial charge in [0, 0.05) is 19.1 Å². The first kappa shape index (κ1) is 16.6. The Balaban J connectivity index is 1.65. The highest BCUT2D eigenvalue weighted by atomic mass is 32.2. The zero-order chi connectivity index (χ0) is 17.4. The third-order valence-electron chi connectivity index (χ3n) is 4.99. The molecule has 1 aromatic carbocycles. The molecule has 0 spiro atoms. The van der Waals surface area contributed by atoms with Crippen molar-refractivity contribution in [3.05, 3.63) is 34.6 Å². The van der Waals surface area contributed by atoms with E-state index in [1.807, 2.05) is 40.7 Å². The molecule has 1 aromatic heterocycles. The van der Waals surface area contributed by atoms with Gasteiger partial charge in [-0.15, -0.1) is 0 Å². The molecule has 2 fully saturated rings. The summed E-state index contributed by atoms with van der Waals surface area (Å²) >= 11 is 1.43. The van der Waals surface area contributed by atoms with E-state index in [-0.39, 0.29) is 22.8 Å². The number of thioether (sulfide) groups is 1. The molecule has 0 radical (unpaired) electrons. The summed E-state index contributed by atoms with van der Waals surface area (Å²) in [4.78, 5) is 32.3. The van der Waals surface area contributed by atoms with E-state index >= 15 is 0 Å². The van der Waals surface area contributed by atoms with Crippen LogP contribution in [0.5, 0.6) is 0 Å². The topological polar surface area (TPSA) is 55.2 Å². The van der Waals surface area contributed by atoms with Crippen molar-refractivity contribution in [3.63, 3.8) is 0 Å². The van der Waals surface area contributed by atoms with Gasteiger partial charge < -0.3 is 4.90 Å². The Bertz CT molecular complexity index is 853. The van der Waals surface area contributed by atoms with E-state index in [1.165, 1.54) is 18.2 Å². The van der Waals surface area contributed by atoms with E-state index in [0.29, 0.717) is 16.1 Å². The van der Waals surface area contributed by atoms with Crippen molar-refractivity contribution in [1.29, 1.82) is 0 Å². The second-order valence-corrected chi connectivity index (χ2v) is 8.27. The maximum absolute atomic E-state index is 12.9. The molecule has 1 amide bonds. The SMILES string of the molecule is C[C@@H](Sc1nc2ccccc2c(=O)n1C1CC1)C(=O)N1CCCCC1. The summed E-state index contributed by atoms with van der Waals surface area (Å²) in [6, 6.07) is 7.71. The van der Waals surface area contributed by atoms with Crippen molar-refractivity contribution in [1.82, 2.24) is 14.5 Å². The molecule has 1 aliphatic carbocycles. The number of rotatable bonds is 4. The van der Waals surface area contributed by atoms with Crippen LogP contribution in [-0.2, 0) is 4.79 Å². The highest BCUT2D eigenvalue weighted by Gasteiger charge is 2.31. The van der Waals surface area contributed by atoms with Gasteiger partial charge in [0.25, 0.3) is 5.56 Å². The Hall–Kier alpha value is -1.82. The fourth-order valence-electron chi connectivity index (χ4n) is 3.44. The molecule has 1 saturated heterocycles. The van der Waals surface area contributed by atoms with E-state index in [0.717, 1.165) is 38.8 Å². The Morgan fingerprint density at radius 1 is 1.20 bits per heavy atom. The van der Waals surface area contributed by atoms with Gasteiger partial charge in [-0.1, -0.05) is 23.9 Å². The van der Waals surface area contributed by atoms with Crippen LogP contribution in [0.2, 0.25) is 0 Å². The molecule has 4 rings (SSSR count). The molecule has 25 heavy (non-hydrogen) atoms. The summed E-state index contributed by atoms with van der Waals surface area (Å²) in [5, 5.41) is 1.12. The van der Waals surface area contributed by atoms with Gasteiger partial charge in [-0.3, -0.25) is 14.2 Å². The number of hydrogen-bond acceptors (Lipinski definition) is 4. The Labute approximate surface area is 151 Å². The maximum atomic E-state index is 12.9. The molecule has 0 N–H and O–H groups in total. The van der Waals surface area contributed by atoms with E-state index in [1.54, 1.807) is 0 Å². The highest BCUT2D eigenvalue weighted by Crippen LogP contribution is 2.37. The Kier molecular flexibility index (Phi) is 4.54. The van der Waals surface area contributed by atoms with Crippen molar-refractivity contribution in [2.45, 2.75) is 55.5 Å². The number of amides is 1. The minimum Gasteiger partial charge on any atom is -0.342 e. The highest BCUT2D eigenvalue weighted by molar-refractivity contribution is 8.00. The average Bonchev–Trinajstić information content (AvgIpc) is 3.47. The zero-order valence-electron chi connectivity index (χ0n) is 14.5. The summed E-state index contributed by atoms with van der Waals surface area (Å²) in [6.45, 7) is 3.63. The third-order valence-corrected chi connectivity index (χ3v) is 6.04. The lowest BCUT2D eigenvalue weighted by atomic mass is 10.1.